The quantitative estimate of drug-likeness (QED) is 0.166. The Hall–Kier alpha value is -11.3. The topological polar surface area (TPSA) is 57.6 Å². The van der Waals surface area contributed by atoms with Crippen LogP contribution >= 0.6 is 0 Å². The summed E-state index contributed by atoms with van der Waals surface area (Å²) in [6.45, 7) is 0. The van der Waals surface area contributed by atoms with Gasteiger partial charge in [0, 0.05) is 37.7 Å². The van der Waals surface area contributed by atoms with E-state index >= 15 is 0 Å². The molecule has 3 aliphatic carbocycles. The van der Waals surface area contributed by atoms with Crippen LogP contribution in [0.2, 0.25) is 0 Å². The van der Waals surface area contributed by atoms with Gasteiger partial charge in [-0.3, -0.25) is 13.4 Å². The molecule has 1 unspecified atom stereocenters. The second-order valence-electron chi connectivity index (χ2n) is 23.8. The number of rotatable bonds is 3. The minimum absolute atomic E-state index is 0.00318. The first-order valence-corrected chi connectivity index (χ1v) is 29.8. The van der Waals surface area contributed by atoms with Crippen molar-refractivity contribution in [2.45, 2.75) is 17.9 Å². The molecule has 0 saturated carbocycles. The Balaban J connectivity index is 0.782. The summed E-state index contributed by atoms with van der Waals surface area (Å²) >= 11 is 0. The number of hydrogen-bond donors (Lipinski definition) is 0. The maximum Gasteiger partial charge on any atom is 0.165 e. The summed E-state index contributed by atoms with van der Waals surface area (Å²) < 4.78 is 16.7. The fourth-order valence-corrected chi connectivity index (χ4v) is 16.6. The molecule has 0 amide bonds. The standard InChI is InChI=1S/C79H46N6O/c1-2-25-55-48(19-1)53-23-6-14-32-65(53)84-74-58-27-9-17-35-68(58)83(78(74)81-75(55)84)69-42-46(43-71-72(69)59-28-10-18-36-70(59)86-71)45-37-39-56-60(41-45)54-24-7-15-33-66(54)85-73-57-26-8-16-34-67(57)82(77(73)80-76(56)85)47-38-40-52-51-22-5-13-31-63(51)79(64(52)44-47)61-29-11-3-20-49(61)50-21-4-12-30-62(50)79/h1-43,47H,44H2. The third-order valence-corrected chi connectivity index (χ3v) is 19.9. The van der Waals surface area contributed by atoms with E-state index < -0.39 is 5.41 Å². The number of imidazole rings is 2. The van der Waals surface area contributed by atoms with Crippen LogP contribution in [0.1, 0.15) is 34.7 Å². The number of nitrogens with zero attached hydrogens (tertiary/aromatic N) is 6. The fourth-order valence-electron chi connectivity index (χ4n) is 16.6. The molecular formula is C79H46N6O. The number of furan rings is 1. The van der Waals surface area contributed by atoms with Crippen LogP contribution in [0.5, 0.6) is 0 Å². The lowest BCUT2D eigenvalue weighted by Crippen LogP contribution is -2.29. The number of allylic oxidation sites excluding steroid dienone is 4. The molecule has 0 radical (unpaired) electrons. The van der Waals surface area contributed by atoms with Gasteiger partial charge < -0.3 is 8.98 Å². The minimum atomic E-state index is -0.399. The molecule has 7 aromatic heterocycles. The molecule has 3 aliphatic rings. The summed E-state index contributed by atoms with van der Waals surface area (Å²) in [5.74, 6) is 0. The van der Waals surface area contributed by atoms with E-state index in [9.17, 15) is 0 Å². The van der Waals surface area contributed by atoms with Gasteiger partial charge in [0.05, 0.1) is 44.6 Å². The lowest BCUT2D eigenvalue weighted by atomic mass is 9.67. The summed E-state index contributed by atoms with van der Waals surface area (Å²) in [5.41, 5.74) is 25.8. The first-order valence-electron chi connectivity index (χ1n) is 29.8. The molecule has 0 N–H and O–H groups in total. The maximum atomic E-state index is 6.92. The highest BCUT2D eigenvalue weighted by atomic mass is 16.3. The van der Waals surface area contributed by atoms with Crippen LogP contribution in [-0.4, -0.2) is 27.9 Å². The Bertz CT molecular complexity index is 6160. The van der Waals surface area contributed by atoms with E-state index in [0.29, 0.717) is 0 Å². The van der Waals surface area contributed by atoms with Crippen molar-refractivity contribution in [3.8, 4) is 27.9 Å². The van der Waals surface area contributed by atoms with Crippen LogP contribution in [0.15, 0.2) is 271 Å². The highest BCUT2D eigenvalue weighted by Crippen LogP contribution is 2.64. The Morgan fingerprint density at radius 3 is 1.63 bits per heavy atom. The van der Waals surface area contributed by atoms with Gasteiger partial charge in [0.25, 0.3) is 0 Å². The molecule has 398 valence electrons. The monoisotopic (exact) mass is 1090 g/mol. The highest BCUT2D eigenvalue weighted by molar-refractivity contribution is 6.21. The fraction of sp³-hybridized carbons (Fsp3) is 0.0380. The van der Waals surface area contributed by atoms with E-state index in [1.807, 2.05) is 0 Å². The number of hydrogen-bond acceptors (Lipinski definition) is 3. The van der Waals surface area contributed by atoms with Crippen molar-refractivity contribution in [1.82, 2.24) is 27.9 Å². The van der Waals surface area contributed by atoms with Crippen LogP contribution in [-0.2, 0) is 5.41 Å². The molecular weight excluding hydrogens is 1050 g/mol. The Morgan fingerprint density at radius 2 is 0.907 bits per heavy atom. The molecule has 1 atom stereocenters. The molecule has 0 fully saturated rings. The normalized spacial score (nSPS) is 15.3. The molecule has 11 aromatic carbocycles. The van der Waals surface area contributed by atoms with Crippen molar-refractivity contribution >= 4 is 126 Å². The van der Waals surface area contributed by atoms with Crippen molar-refractivity contribution < 1.29 is 4.42 Å². The minimum Gasteiger partial charge on any atom is -0.456 e. The molecule has 0 saturated heterocycles. The molecule has 0 aliphatic heterocycles. The average Bonchev–Trinajstić information content (AvgIpc) is 1.57. The zero-order valence-corrected chi connectivity index (χ0v) is 46.2. The zero-order valence-electron chi connectivity index (χ0n) is 46.2. The predicted molar refractivity (Wildman–Crippen MR) is 352 cm³/mol. The molecule has 86 heavy (non-hydrogen) atoms. The molecule has 7 heterocycles. The number of para-hydroxylation sites is 5. The van der Waals surface area contributed by atoms with E-state index in [0.717, 1.165) is 122 Å². The van der Waals surface area contributed by atoms with Gasteiger partial charge in [-0.1, -0.05) is 206 Å². The average molecular weight is 1100 g/mol. The van der Waals surface area contributed by atoms with Crippen molar-refractivity contribution in [3.05, 3.63) is 289 Å². The lowest BCUT2D eigenvalue weighted by molar-refractivity contribution is 0.585. The van der Waals surface area contributed by atoms with Gasteiger partial charge in [-0.15, -0.1) is 0 Å². The number of fused-ring (bicyclic) bond motifs is 32. The summed E-state index contributed by atoms with van der Waals surface area (Å²) in [6, 6.07) is 91.4. The predicted octanol–water partition coefficient (Wildman–Crippen LogP) is 19.6. The first kappa shape index (κ1) is 45.3. The Morgan fingerprint density at radius 1 is 0.384 bits per heavy atom. The summed E-state index contributed by atoms with van der Waals surface area (Å²) in [7, 11) is 0. The van der Waals surface area contributed by atoms with E-state index in [1.165, 1.54) is 66.2 Å². The largest absolute Gasteiger partial charge is 0.456 e. The van der Waals surface area contributed by atoms with Crippen LogP contribution in [0.3, 0.4) is 0 Å². The van der Waals surface area contributed by atoms with Crippen LogP contribution < -0.4 is 0 Å². The molecule has 18 aromatic rings. The first-order chi connectivity index (χ1) is 42.7. The summed E-state index contributed by atoms with van der Waals surface area (Å²) in [6.07, 6.45) is 5.72. The second kappa shape index (κ2) is 16.1. The summed E-state index contributed by atoms with van der Waals surface area (Å²) in [4.78, 5) is 11.6. The SMILES string of the molecule is C1=CC(n2c3ccccc3c3c2nc2c4ccc(-c5cc(-n6c7ccccc7c7c6nc6c8ccccc8c8ccccc8n67)c6c(c5)oc5ccccc56)cc4c4ccccc4n23)CC2=C1c1ccccc1C21c2ccccc2-c2ccccc21. The molecule has 0 bridgehead atoms. The zero-order chi connectivity index (χ0) is 55.7. The number of pyridine rings is 2. The van der Waals surface area contributed by atoms with Gasteiger partial charge in [0.2, 0.25) is 0 Å². The van der Waals surface area contributed by atoms with Gasteiger partial charge in [-0.25, -0.2) is 9.97 Å². The van der Waals surface area contributed by atoms with Crippen LogP contribution in [0.4, 0.5) is 0 Å². The smallest absolute Gasteiger partial charge is 0.165 e. The van der Waals surface area contributed by atoms with Gasteiger partial charge in [-0.05, 0) is 127 Å². The molecule has 21 rings (SSSR count). The van der Waals surface area contributed by atoms with Crippen molar-refractivity contribution in [2.24, 2.45) is 0 Å². The molecule has 7 heteroatoms. The van der Waals surface area contributed by atoms with Gasteiger partial charge in [-0.2, -0.15) is 0 Å². The highest BCUT2D eigenvalue weighted by Gasteiger charge is 2.53. The van der Waals surface area contributed by atoms with E-state index in [2.05, 4.69) is 279 Å². The van der Waals surface area contributed by atoms with Gasteiger partial charge in [0.1, 0.15) is 33.5 Å². The third-order valence-electron chi connectivity index (χ3n) is 19.9. The number of aromatic nitrogens is 6. The maximum absolute atomic E-state index is 6.92. The van der Waals surface area contributed by atoms with Crippen molar-refractivity contribution in [1.29, 1.82) is 0 Å². The van der Waals surface area contributed by atoms with Crippen molar-refractivity contribution in [2.75, 3.05) is 0 Å². The van der Waals surface area contributed by atoms with Gasteiger partial charge in [0.15, 0.2) is 11.3 Å². The Kier molecular flexibility index (Phi) is 8.46. The van der Waals surface area contributed by atoms with E-state index in [-0.39, 0.29) is 6.04 Å². The Labute approximate surface area is 490 Å². The van der Waals surface area contributed by atoms with Crippen molar-refractivity contribution in [3.63, 3.8) is 0 Å². The van der Waals surface area contributed by atoms with Gasteiger partial charge >= 0.3 is 0 Å². The molecule has 7 nitrogen and oxygen atoms in total. The van der Waals surface area contributed by atoms with Crippen LogP contribution in [0.25, 0.3) is 154 Å². The third kappa shape index (κ3) is 5.46. The van der Waals surface area contributed by atoms with E-state index in [4.69, 9.17) is 14.4 Å². The van der Waals surface area contributed by atoms with Crippen LogP contribution in [0, 0.1) is 0 Å². The second-order valence-corrected chi connectivity index (χ2v) is 23.8. The molecule has 1 spiro atoms. The number of benzene rings is 11. The van der Waals surface area contributed by atoms with E-state index in [1.54, 1.807) is 0 Å². The summed E-state index contributed by atoms with van der Waals surface area (Å²) in [5, 5.41) is 11.4. The lowest BCUT2D eigenvalue weighted by Gasteiger charge is -2.35.